The van der Waals surface area contributed by atoms with Crippen molar-refractivity contribution in [1.29, 1.82) is 0 Å². The standard InChI is InChI=1S/C23H25N7O/c1-28-11-13-29(14-12-28)21-20-19(23(31)25-9-7-17-5-4-8-24-15-17)18-6-2-3-10-30(18)22(20)27-16-26-21/h2-6,8,10,15-16H,7,9,11-14H2,1H3,(H,25,31). The highest BCUT2D eigenvalue weighted by molar-refractivity contribution is 6.16. The third-order valence-electron chi connectivity index (χ3n) is 5.85. The van der Waals surface area contributed by atoms with Gasteiger partial charge in [-0.15, -0.1) is 0 Å². The van der Waals surface area contributed by atoms with Gasteiger partial charge in [-0.3, -0.25) is 9.78 Å². The summed E-state index contributed by atoms with van der Waals surface area (Å²) >= 11 is 0. The lowest BCUT2D eigenvalue weighted by Crippen LogP contribution is -2.45. The number of piperazine rings is 1. The zero-order valence-electron chi connectivity index (χ0n) is 17.5. The number of carbonyl (C=O) groups excluding carboxylic acids is 1. The van der Waals surface area contributed by atoms with E-state index in [0.29, 0.717) is 12.1 Å². The summed E-state index contributed by atoms with van der Waals surface area (Å²) in [6.45, 7) is 4.21. The fourth-order valence-electron chi connectivity index (χ4n) is 4.18. The molecule has 0 spiro atoms. The number of likely N-dealkylation sites (N-methyl/N-ethyl adjacent to an activating group) is 1. The van der Waals surface area contributed by atoms with Gasteiger partial charge in [0.05, 0.1) is 16.5 Å². The predicted octanol–water partition coefficient (Wildman–Crippen LogP) is 2.00. The van der Waals surface area contributed by atoms with E-state index < -0.39 is 0 Å². The summed E-state index contributed by atoms with van der Waals surface area (Å²) in [5.74, 6) is 0.729. The van der Waals surface area contributed by atoms with Crippen molar-refractivity contribution in [2.24, 2.45) is 0 Å². The highest BCUT2D eigenvalue weighted by Crippen LogP contribution is 2.32. The Kier molecular flexibility index (Phi) is 5.21. The van der Waals surface area contributed by atoms with E-state index in [4.69, 9.17) is 0 Å². The van der Waals surface area contributed by atoms with E-state index in [0.717, 1.165) is 60.5 Å². The van der Waals surface area contributed by atoms with Crippen molar-refractivity contribution in [3.8, 4) is 0 Å². The van der Waals surface area contributed by atoms with E-state index in [-0.39, 0.29) is 5.91 Å². The molecule has 1 aliphatic rings. The number of carbonyl (C=O) groups is 1. The van der Waals surface area contributed by atoms with Gasteiger partial charge in [-0.2, -0.15) is 0 Å². The van der Waals surface area contributed by atoms with E-state index in [1.54, 1.807) is 12.5 Å². The van der Waals surface area contributed by atoms with E-state index in [9.17, 15) is 4.79 Å². The number of rotatable bonds is 5. The van der Waals surface area contributed by atoms with Crippen LogP contribution in [-0.2, 0) is 6.42 Å². The fraction of sp³-hybridized carbons (Fsp3) is 0.304. The van der Waals surface area contributed by atoms with Crippen LogP contribution < -0.4 is 10.2 Å². The molecule has 158 valence electrons. The number of hydrogen-bond donors (Lipinski definition) is 1. The number of aromatic nitrogens is 4. The van der Waals surface area contributed by atoms with Crippen molar-refractivity contribution in [2.75, 3.05) is 44.7 Å². The molecule has 4 aromatic heterocycles. The molecule has 8 heteroatoms. The normalized spacial score (nSPS) is 14.9. The molecule has 0 radical (unpaired) electrons. The molecule has 1 N–H and O–H groups in total. The minimum absolute atomic E-state index is 0.104. The Morgan fingerprint density at radius 1 is 1.10 bits per heavy atom. The number of nitrogens with zero attached hydrogens (tertiary/aromatic N) is 6. The molecule has 1 amide bonds. The average Bonchev–Trinajstić information content (AvgIpc) is 3.15. The van der Waals surface area contributed by atoms with Gasteiger partial charge in [-0.05, 0) is 37.2 Å². The maximum atomic E-state index is 13.4. The highest BCUT2D eigenvalue weighted by atomic mass is 16.1. The topological polar surface area (TPSA) is 78.7 Å². The molecule has 1 aliphatic heterocycles. The molecule has 5 rings (SSSR count). The van der Waals surface area contributed by atoms with Crippen molar-refractivity contribution in [1.82, 2.24) is 29.6 Å². The molecule has 31 heavy (non-hydrogen) atoms. The molecular weight excluding hydrogens is 390 g/mol. The first kappa shape index (κ1) is 19.4. The third-order valence-corrected chi connectivity index (χ3v) is 5.85. The number of hydrogen-bond acceptors (Lipinski definition) is 6. The van der Waals surface area contributed by atoms with Gasteiger partial charge in [0, 0.05) is 51.3 Å². The molecule has 1 saturated heterocycles. The lowest BCUT2D eigenvalue weighted by Gasteiger charge is -2.33. The third kappa shape index (κ3) is 3.70. The largest absolute Gasteiger partial charge is 0.353 e. The summed E-state index contributed by atoms with van der Waals surface area (Å²) in [7, 11) is 2.13. The van der Waals surface area contributed by atoms with Crippen molar-refractivity contribution < 1.29 is 4.79 Å². The van der Waals surface area contributed by atoms with Gasteiger partial charge in [0.1, 0.15) is 12.1 Å². The van der Waals surface area contributed by atoms with Crippen molar-refractivity contribution in [3.05, 3.63) is 66.4 Å². The van der Waals surface area contributed by atoms with Crippen molar-refractivity contribution in [2.45, 2.75) is 6.42 Å². The van der Waals surface area contributed by atoms with E-state index >= 15 is 0 Å². The Morgan fingerprint density at radius 3 is 2.77 bits per heavy atom. The van der Waals surface area contributed by atoms with Crippen molar-refractivity contribution >= 4 is 28.3 Å². The Hall–Kier alpha value is -3.52. The van der Waals surface area contributed by atoms with Gasteiger partial charge >= 0.3 is 0 Å². The molecule has 1 fully saturated rings. The quantitative estimate of drug-likeness (QED) is 0.537. The van der Waals surface area contributed by atoms with E-state index in [1.807, 2.05) is 47.1 Å². The molecule has 0 atom stereocenters. The van der Waals surface area contributed by atoms with Crippen LogP contribution >= 0.6 is 0 Å². The second-order valence-corrected chi connectivity index (χ2v) is 7.88. The molecule has 0 bridgehead atoms. The van der Waals surface area contributed by atoms with Crippen LogP contribution in [0.4, 0.5) is 5.82 Å². The van der Waals surface area contributed by atoms with Crippen LogP contribution in [0, 0.1) is 0 Å². The van der Waals surface area contributed by atoms with Crippen LogP contribution in [0.5, 0.6) is 0 Å². The minimum atomic E-state index is -0.104. The lowest BCUT2D eigenvalue weighted by atomic mass is 10.1. The molecule has 0 unspecified atom stereocenters. The Bertz CT molecular complexity index is 1210. The summed E-state index contributed by atoms with van der Waals surface area (Å²) < 4.78 is 1.98. The van der Waals surface area contributed by atoms with Gasteiger partial charge in [-0.25, -0.2) is 9.97 Å². The molecule has 5 heterocycles. The lowest BCUT2D eigenvalue weighted by molar-refractivity contribution is 0.0957. The van der Waals surface area contributed by atoms with Crippen LogP contribution in [0.25, 0.3) is 16.6 Å². The van der Waals surface area contributed by atoms with Crippen LogP contribution in [-0.4, -0.2) is 69.9 Å². The second kappa shape index (κ2) is 8.31. The maximum absolute atomic E-state index is 13.4. The molecule has 0 aromatic carbocycles. The molecule has 4 aromatic rings. The van der Waals surface area contributed by atoms with Gasteiger partial charge in [0.25, 0.3) is 5.91 Å². The first-order valence-electron chi connectivity index (χ1n) is 10.6. The van der Waals surface area contributed by atoms with Crippen LogP contribution in [0.2, 0.25) is 0 Å². The van der Waals surface area contributed by atoms with Gasteiger partial charge in [-0.1, -0.05) is 12.1 Å². The molecule has 8 nitrogen and oxygen atoms in total. The summed E-state index contributed by atoms with van der Waals surface area (Å²) in [6.07, 6.45) is 7.85. The summed E-state index contributed by atoms with van der Waals surface area (Å²) in [6, 6.07) is 9.79. The van der Waals surface area contributed by atoms with Crippen LogP contribution in [0.3, 0.4) is 0 Å². The van der Waals surface area contributed by atoms with Crippen LogP contribution in [0.1, 0.15) is 15.9 Å². The highest BCUT2D eigenvalue weighted by Gasteiger charge is 2.26. The van der Waals surface area contributed by atoms with Crippen LogP contribution in [0.15, 0.2) is 55.2 Å². The monoisotopic (exact) mass is 415 g/mol. The maximum Gasteiger partial charge on any atom is 0.254 e. The van der Waals surface area contributed by atoms with Gasteiger partial charge in [0.2, 0.25) is 0 Å². The zero-order chi connectivity index (χ0) is 21.2. The van der Waals surface area contributed by atoms with Crippen molar-refractivity contribution in [3.63, 3.8) is 0 Å². The smallest absolute Gasteiger partial charge is 0.254 e. The number of fused-ring (bicyclic) bond motifs is 3. The molecule has 0 saturated carbocycles. The predicted molar refractivity (Wildman–Crippen MR) is 120 cm³/mol. The fourth-order valence-corrected chi connectivity index (χ4v) is 4.18. The van der Waals surface area contributed by atoms with E-state index in [1.165, 1.54) is 0 Å². The Balaban J connectivity index is 1.53. The average molecular weight is 416 g/mol. The molecular formula is C23H25N7O. The number of amides is 1. The number of anilines is 1. The Morgan fingerprint density at radius 2 is 1.97 bits per heavy atom. The number of nitrogens with one attached hydrogen (secondary N) is 1. The van der Waals surface area contributed by atoms with E-state index in [2.05, 4.69) is 37.1 Å². The second-order valence-electron chi connectivity index (χ2n) is 7.88. The summed E-state index contributed by atoms with van der Waals surface area (Å²) in [5, 5.41) is 3.91. The molecule has 0 aliphatic carbocycles. The zero-order valence-corrected chi connectivity index (χ0v) is 17.5. The van der Waals surface area contributed by atoms with Gasteiger partial charge in [0.15, 0.2) is 5.65 Å². The number of pyridine rings is 2. The summed E-state index contributed by atoms with van der Waals surface area (Å²) in [5.41, 5.74) is 3.33. The first-order chi connectivity index (χ1) is 15.2. The Labute approximate surface area is 180 Å². The first-order valence-corrected chi connectivity index (χ1v) is 10.6. The summed E-state index contributed by atoms with van der Waals surface area (Å²) in [4.78, 5) is 31.2. The van der Waals surface area contributed by atoms with Gasteiger partial charge < -0.3 is 19.5 Å². The minimum Gasteiger partial charge on any atom is -0.353 e. The SMILES string of the molecule is CN1CCN(c2ncnc3c2c(C(=O)NCCc2cccnc2)c2ccccn23)CC1.